The molecule has 0 spiro atoms. The van der Waals surface area contributed by atoms with E-state index < -0.39 is 11.7 Å². The molecule has 2 heterocycles. The molecule has 1 amide bonds. The summed E-state index contributed by atoms with van der Waals surface area (Å²) < 4.78 is 0.761. The highest BCUT2D eigenvalue weighted by Crippen LogP contribution is 2.25. The number of nitrogens with one attached hydrogen (secondary N) is 2. The molecule has 0 radical (unpaired) electrons. The Bertz CT molecular complexity index is 840. The van der Waals surface area contributed by atoms with Gasteiger partial charge in [-0.15, -0.1) is 10.2 Å². The summed E-state index contributed by atoms with van der Waals surface area (Å²) in [6.07, 6.45) is 1.55. The van der Waals surface area contributed by atoms with Gasteiger partial charge in [-0.05, 0) is 11.8 Å². The van der Waals surface area contributed by atoms with Crippen molar-refractivity contribution < 1.29 is 9.59 Å². The average Bonchev–Trinajstić information content (AvgIpc) is 3.13. The third-order valence-corrected chi connectivity index (χ3v) is 4.79. The molecule has 8 heteroatoms. The number of carbonyl (C=O) groups is 2. The fourth-order valence-corrected chi connectivity index (χ4v) is 3.62. The molecular weight excluding hydrogens is 320 g/mol. The van der Waals surface area contributed by atoms with Gasteiger partial charge in [-0.3, -0.25) is 14.9 Å². The van der Waals surface area contributed by atoms with Gasteiger partial charge in [-0.25, -0.2) is 0 Å². The Balaban J connectivity index is 1.78. The minimum atomic E-state index is -0.714. The number of nitrogens with zero attached hydrogens (tertiary/aromatic N) is 2. The summed E-state index contributed by atoms with van der Waals surface area (Å²) in [5.74, 6) is -0.442. The van der Waals surface area contributed by atoms with Gasteiger partial charge < -0.3 is 4.98 Å². The van der Waals surface area contributed by atoms with E-state index in [0.717, 1.165) is 21.0 Å². The van der Waals surface area contributed by atoms with E-state index in [2.05, 4.69) is 20.5 Å². The fourth-order valence-electron chi connectivity index (χ4n) is 1.98. The van der Waals surface area contributed by atoms with Crippen LogP contribution in [0.5, 0.6) is 0 Å². The Hall–Kier alpha value is -2.19. The van der Waals surface area contributed by atoms with Crippen molar-refractivity contribution in [3.8, 4) is 0 Å². The van der Waals surface area contributed by atoms with Crippen molar-refractivity contribution in [1.29, 1.82) is 0 Å². The molecule has 112 valence electrons. The number of benzene rings is 1. The van der Waals surface area contributed by atoms with E-state index >= 15 is 0 Å². The van der Waals surface area contributed by atoms with Crippen LogP contribution in [0.25, 0.3) is 10.9 Å². The van der Waals surface area contributed by atoms with E-state index in [1.165, 1.54) is 23.1 Å². The van der Waals surface area contributed by atoms with Gasteiger partial charge in [0.1, 0.15) is 0 Å². The number of rotatable bonds is 5. The summed E-state index contributed by atoms with van der Waals surface area (Å²) in [6.45, 7) is 2.00. The largest absolute Gasteiger partial charge is 0.360 e. The lowest BCUT2D eigenvalue weighted by molar-refractivity contribution is -0.112. The van der Waals surface area contributed by atoms with Crippen LogP contribution in [-0.4, -0.2) is 32.6 Å². The maximum atomic E-state index is 12.3. The third kappa shape index (κ3) is 2.88. The van der Waals surface area contributed by atoms with Crippen LogP contribution in [0.4, 0.5) is 5.13 Å². The number of fused-ring (bicyclic) bond motifs is 1. The van der Waals surface area contributed by atoms with Crippen LogP contribution in [0, 0.1) is 0 Å². The van der Waals surface area contributed by atoms with Gasteiger partial charge in [0.15, 0.2) is 4.34 Å². The predicted molar refractivity (Wildman–Crippen MR) is 87.6 cm³/mol. The maximum absolute atomic E-state index is 12.3. The van der Waals surface area contributed by atoms with Crippen molar-refractivity contribution in [2.24, 2.45) is 0 Å². The molecule has 22 heavy (non-hydrogen) atoms. The molecule has 0 atom stereocenters. The number of aromatic nitrogens is 3. The molecule has 2 aromatic heterocycles. The van der Waals surface area contributed by atoms with E-state index in [-0.39, 0.29) is 0 Å². The Kier molecular flexibility index (Phi) is 4.21. The lowest BCUT2D eigenvalue weighted by Crippen LogP contribution is -2.22. The Morgan fingerprint density at radius 1 is 1.32 bits per heavy atom. The lowest BCUT2D eigenvalue weighted by atomic mass is 10.1. The molecule has 3 rings (SSSR count). The summed E-state index contributed by atoms with van der Waals surface area (Å²) in [7, 11) is 0. The van der Waals surface area contributed by atoms with Crippen LogP contribution >= 0.6 is 23.1 Å². The molecule has 0 bridgehead atoms. The minimum Gasteiger partial charge on any atom is -0.360 e. The number of hydrogen-bond acceptors (Lipinski definition) is 6. The van der Waals surface area contributed by atoms with Gasteiger partial charge in [-0.1, -0.05) is 48.2 Å². The van der Waals surface area contributed by atoms with Gasteiger partial charge in [0.25, 0.3) is 11.7 Å². The highest BCUT2D eigenvalue weighted by molar-refractivity contribution is 8.01. The Labute approximate surface area is 134 Å². The second-order valence-corrected chi connectivity index (χ2v) is 6.83. The number of Topliss-reactive ketones (excluding diaryl/α,β-unsaturated/α-hetero) is 1. The molecule has 0 unspecified atom stereocenters. The zero-order chi connectivity index (χ0) is 15.5. The van der Waals surface area contributed by atoms with E-state index in [0.29, 0.717) is 10.7 Å². The van der Waals surface area contributed by atoms with E-state index in [1.54, 1.807) is 12.3 Å². The van der Waals surface area contributed by atoms with Crippen LogP contribution in [-0.2, 0) is 4.79 Å². The topological polar surface area (TPSA) is 87.7 Å². The maximum Gasteiger partial charge on any atom is 0.298 e. The number of carbonyl (C=O) groups excluding carboxylic acids is 2. The minimum absolute atomic E-state index is 0.328. The second-order valence-electron chi connectivity index (χ2n) is 4.34. The first-order valence-corrected chi connectivity index (χ1v) is 8.37. The monoisotopic (exact) mass is 332 g/mol. The molecule has 0 aliphatic rings. The number of amides is 1. The van der Waals surface area contributed by atoms with Crippen molar-refractivity contribution >= 4 is 50.8 Å². The number of hydrogen-bond donors (Lipinski definition) is 2. The molecule has 0 fully saturated rings. The van der Waals surface area contributed by atoms with Crippen LogP contribution in [0.15, 0.2) is 34.8 Å². The fraction of sp³-hybridized carbons (Fsp3) is 0.143. The number of para-hydroxylation sites is 1. The molecule has 2 N–H and O–H groups in total. The van der Waals surface area contributed by atoms with Crippen LogP contribution < -0.4 is 5.32 Å². The van der Waals surface area contributed by atoms with Gasteiger partial charge in [0, 0.05) is 17.1 Å². The third-order valence-electron chi connectivity index (χ3n) is 2.93. The van der Waals surface area contributed by atoms with Crippen molar-refractivity contribution in [2.75, 3.05) is 11.1 Å². The number of ketones is 1. The molecule has 0 aliphatic carbocycles. The highest BCUT2D eigenvalue weighted by atomic mass is 32.2. The van der Waals surface area contributed by atoms with Gasteiger partial charge >= 0.3 is 0 Å². The first-order chi connectivity index (χ1) is 10.7. The molecule has 6 nitrogen and oxygen atoms in total. The molecule has 1 aromatic carbocycles. The molecular formula is C14H12N4O2S2. The van der Waals surface area contributed by atoms with Crippen molar-refractivity contribution in [3.63, 3.8) is 0 Å². The van der Waals surface area contributed by atoms with E-state index in [9.17, 15) is 9.59 Å². The quantitative estimate of drug-likeness (QED) is 0.325. The summed E-state index contributed by atoms with van der Waals surface area (Å²) in [4.78, 5) is 27.3. The first-order valence-electron chi connectivity index (χ1n) is 6.57. The Morgan fingerprint density at radius 3 is 2.95 bits per heavy atom. The van der Waals surface area contributed by atoms with Crippen molar-refractivity contribution in [2.45, 2.75) is 11.3 Å². The zero-order valence-electron chi connectivity index (χ0n) is 11.6. The SMILES string of the molecule is CCSc1nnc(NC(=O)C(=O)c2c[nH]c3ccccc23)s1. The lowest BCUT2D eigenvalue weighted by Gasteiger charge is -1.99. The molecule has 0 aliphatic heterocycles. The molecule has 0 saturated heterocycles. The first kappa shape index (κ1) is 14.7. The van der Waals surface area contributed by atoms with Crippen molar-refractivity contribution in [3.05, 3.63) is 36.0 Å². The zero-order valence-corrected chi connectivity index (χ0v) is 13.3. The highest BCUT2D eigenvalue weighted by Gasteiger charge is 2.21. The number of thioether (sulfide) groups is 1. The van der Waals surface area contributed by atoms with Gasteiger partial charge in [-0.2, -0.15) is 0 Å². The summed E-state index contributed by atoms with van der Waals surface area (Å²) in [5.41, 5.74) is 1.16. The standard InChI is InChI=1S/C14H12N4O2S2/c1-2-21-14-18-17-13(22-14)16-12(20)11(19)9-7-15-10-6-4-3-5-8(9)10/h3-7,15H,2H2,1H3,(H,16,17,20). The number of aromatic amines is 1. The summed E-state index contributed by atoms with van der Waals surface area (Å²) in [6, 6.07) is 7.33. The van der Waals surface area contributed by atoms with Crippen LogP contribution in [0.2, 0.25) is 0 Å². The van der Waals surface area contributed by atoms with E-state index in [1.807, 2.05) is 25.1 Å². The van der Waals surface area contributed by atoms with Gasteiger partial charge in [0.05, 0.1) is 5.56 Å². The predicted octanol–water partition coefficient (Wildman–Crippen LogP) is 2.95. The smallest absolute Gasteiger partial charge is 0.298 e. The summed E-state index contributed by atoms with van der Waals surface area (Å²) >= 11 is 2.79. The molecule has 3 aromatic rings. The van der Waals surface area contributed by atoms with Crippen molar-refractivity contribution in [1.82, 2.24) is 15.2 Å². The summed E-state index contributed by atoms with van der Waals surface area (Å²) in [5, 5.41) is 11.3. The number of H-pyrrole nitrogens is 1. The number of anilines is 1. The average molecular weight is 332 g/mol. The van der Waals surface area contributed by atoms with Crippen LogP contribution in [0.1, 0.15) is 17.3 Å². The van der Waals surface area contributed by atoms with E-state index in [4.69, 9.17) is 0 Å². The normalized spacial score (nSPS) is 10.8. The van der Waals surface area contributed by atoms with Gasteiger partial charge in [0.2, 0.25) is 5.13 Å². The molecule has 0 saturated carbocycles. The second kappa shape index (κ2) is 6.29. The Morgan fingerprint density at radius 2 is 2.14 bits per heavy atom. The van der Waals surface area contributed by atoms with Crippen LogP contribution in [0.3, 0.4) is 0 Å².